The first kappa shape index (κ1) is 14.9. The molecule has 0 aromatic heterocycles. The van der Waals surface area contributed by atoms with Crippen LogP contribution in [0.2, 0.25) is 0 Å². The second kappa shape index (κ2) is 8.12. The van der Waals surface area contributed by atoms with E-state index >= 15 is 0 Å². The van der Waals surface area contributed by atoms with Gasteiger partial charge in [-0.3, -0.25) is 19.4 Å². The van der Waals surface area contributed by atoms with Crippen molar-refractivity contribution in [3.63, 3.8) is 0 Å². The van der Waals surface area contributed by atoms with Crippen LogP contribution >= 0.6 is 0 Å². The molecule has 8 nitrogen and oxygen atoms in total. The standard InChI is InChI=1S/C10H6O2.2N3/c11-8-5-4-7-2-1-3-10(12)9(7)6-8;2*1-3-2/h1-6H;;/q;2*-1. The molecule has 0 aromatic rings. The van der Waals surface area contributed by atoms with Gasteiger partial charge in [0.15, 0.2) is 11.6 Å². The lowest BCUT2D eigenvalue weighted by atomic mass is 9.92. The van der Waals surface area contributed by atoms with Crippen LogP contribution in [0.3, 0.4) is 0 Å². The third-order valence-corrected chi connectivity index (χ3v) is 1.81. The van der Waals surface area contributed by atoms with Gasteiger partial charge in [0.05, 0.1) is 0 Å². The molecule has 90 valence electrons. The van der Waals surface area contributed by atoms with Crippen molar-refractivity contribution in [2.75, 3.05) is 0 Å². The molecule has 18 heavy (non-hydrogen) atoms. The van der Waals surface area contributed by atoms with Crippen molar-refractivity contribution >= 4 is 11.6 Å². The largest absolute Gasteiger partial charge is 0.373 e. The summed E-state index contributed by atoms with van der Waals surface area (Å²) in [6.07, 6.45) is 9.46. The topological polar surface area (TPSA) is 152 Å². The van der Waals surface area contributed by atoms with E-state index in [1.165, 1.54) is 28.1 Å². The van der Waals surface area contributed by atoms with E-state index in [2.05, 4.69) is 0 Å². The van der Waals surface area contributed by atoms with E-state index in [4.69, 9.17) is 22.1 Å². The van der Waals surface area contributed by atoms with Crippen LogP contribution in [0.5, 0.6) is 0 Å². The molecule has 0 aliphatic heterocycles. The maximum absolute atomic E-state index is 11.2. The zero-order chi connectivity index (χ0) is 14.0. The molecule has 2 aliphatic rings. The van der Waals surface area contributed by atoms with E-state index in [-0.39, 0.29) is 11.6 Å². The molecule has 0 bridgehead atoms. The Morgan fingerprint density at radius 3 is 2.00 bits per heavy atom. The minimum atomic E-state index is -0.120. The maximum Gasteiger partial charge on any atom is 0.186 e. The van der Waals surface area contributed by atoms with Gasteiger partial charge in [-0.2, -0.15) is 0 Å². The average Bonchev–Trinajstić information content (AvgIpc) is 2.32. The lowest BCUT2D eigenvalue weighted by Crippen LogP contribution is -2.09. The van der Waals surface area contributed by atoms with Crippen LogP contribution in [0.1, 0.15) is 0 Å². The fourth-order valence-electron chi connectivity index (χ4n) is 1.22. The van der Waals surface area contributed by atoms with E-state index < -0.39 is 0 Å². The van der Waals surface area contributed by atoms with Gasteiger partial charge in [0.1, 0.15) is 0 Å². The molecule has 0 heterocycles. The number of carbonyl (C=O) groups excluding carboxylic acids is 2. The Morgan fingerprint density at radius 1 is 0.889 bits per heavy atom. The van der Waals surface area contributed by atoms with E-state index in [0.717, 1.165) is 5.57 Å². The number of nitrogens with zero attached hydrogens (tertiary/aromatic N) is 6. The molecule has 8 heteroatoms. The molecule has 0 N–H and O–H groups in total. The number of ketones is 2. The highest BCUT2D eigenvalue weighted by atomic mass is 16.1. The summed E-state index contributed by atoms with van der Waals surface area (Å²) in [5.41, 5.74) is 28.3. The first-order chi connectivity index (χ1) is 8.60. The molecule has 0 aromatic carbocycles. The highest BCUT2D eigenvalue weighted by Gasteiger charge is 2.16. The summed E-state index contributed by atoms with van der Waals surface area (Å²) in [6, 6.07) is 0. The van der Waals surface area contributed by atoms with Gasteiger partial charge in [-0.25, -0.2) is 0 Å². The molecule has 2 aliphatic carbocycles. The van der Waals surface area contributed by atoms with Gasteiger partial charge in [0.2, 0.25) is 0 Å². The summed E-state index contributed by atoms with van der Waals surface area (Å²) < 4.78 is 0. The van der Waals surface area contributed by atoms with Crippen LogP contribution in [0.25, 0.3) is 31.9 Å². The Labute approximate surface area is 101 Å². The highest BCUT2D eigenvalue weighted by molar-refractivity contribution is 6.16. The molecule has 0 fully saturated rings. The van der Waals surface area contributed by atoms with Gasteiger partial charge < -0.3 is 22.1 Å². The molecule has 0 atom stereocenters. The summed E-state index contributed by atoms with van der Waals surface area (Å²) in [5, 5.41) is 0. The molecule has 2 rings (SSSR count). The number of carbonyl (C=O) groups is 2. The van der Waals surface area contributed by atoms with Crippen molar-refractivity contribution in [2.45, 2.75) is 0 Å². The number of hydrogen-bond donors (Lipinski definition) is 0. The van der Waals surface area contributed by atoms with Crippen molar-refractivity contribution in [1.82, 2.24) is 0 Å². The van der Waals surface area contributed by atoms with Gasteiger partial charge in [0.25, 0.3) is 0 Å². The van der Waals surface area contributed by atoms with Crippen molar-refractivity contribution in [3.8, 4) is 0 Å². The SMILES string of the molecule is O=C1C=CC2=CC=CC(=O)C2=C1.[N-]=[N+]=[N-].[N-]=[N+]=[N-]. The van der Waals surface area contributed by atoms with Crippen LogP contribution in [0.15, 0.2) is 47.6 Å². The Morgan fingerprint density at radius 2 is 1.44 bits per heavy atom. The second-order valence-corrected chi connectivity index (χ2v) is 2.82. The van der Waals surface area contributed by atoms with E-state index in [1.54, 1.807) is 12.2 Å². The molecule has 0 unspecified atom stereocenters. The fourth-order valence-corrected chi connectivity index (χ4v) is 1.22. The lowest BCUT2D eigenvalue weighted by molar-refractivity contribution is -0.113. The van der Waals surface area contributed by atoms with Crippen LogP contribution in [-0.4, -0.2) is 11.6 Å². The monoisotopic (exact) mass is 242 g/mol. The van der Waals surface area contributed by atoms with Gasteiger partial charge in [-0.05, 0) is 23.8 Å². The molecule has 0 saturated carbocycles. The van der Waals surface area contributed by atoms with Gasteiger partial charge >= 0.3 is 0 Å². The molecule has 0 radical (unpaired) electrons. The molecular formula is C10H6N6O2-2. The Bertz CT molecular complexity index is 529. The Balaban J connectivity index is 0.000000414. The van der Waals surface area contributed by atoms with Crippen molar-refractivity contribution < 1.29 is 9.59 Å². The van der Waals surface area contributed by atoms with E-state index in [1.807, 2.05) is 6.08 Å². The van der Waals surface area contributed by atoms with E-state index in [9.17, 15) is 9.59 Å². The van der Waals surface area contributed by atoms with Gasteiger partial charge in [0, 0.05) is 5.57 Å². The average molecular weight is 242 g/mol. The van der Waals surface area contributed by atoms with Crippen LogP contribution in [0.4, 0.5) is 0 Å². The maximum atomic E-state index is 11.2. The van der Waals surface area contributed by atoms with E-state index in [0.29, 0.717) is 5.57 Å². The molecular weight excluding hydrogens is 236 g/mol. The predicted molar refractivity (Wildman–Crippen MR) is 64.6 cm³/mol. The third-order valence-electron chi connectivity index (χ3n) is 1.81. The zero-order valence-corrected chi connectivity index (χ0v) is 8.96. The van der Waals surface area contributed by atoms with Crippen LogP contribution in [-0.2, 0) is 9.59 Å². The summed E-state index contributed by atoms with van der Waals surface area (Å²) in [7, 11) is 0. The van der Waals surface area contributed by atoms with Crippen LogP contribution < -0.4 is 0 Å². The minimum Gasteiger partial charge on any atom is -0.373 e. The number of rotatable bonds is 0. The van der Waals surface area contributed by atoms with Crippen molar-refractivity contribution in [1.29, 1.82) is 0 Å². The van der Waals surface area contributed by atoms with Crippen molar-refractivity contribution in [3.05, 3.63) is 79.6 Å². The quantitative estimate of drug-likeness (QED) is 0.364. The first-order valence-corrected chi connectivity index (χ1v) is 4.44. The van der Waals surface area contributed by atoms with Gasteiger partial charge in [-0.15, -0.1) is 0 Å². The Kier molecular flexibility index (Phi) is 6.73. The summed E-state index contributed by atoms with van der Waals surface area (Å²) in [5.74, 6) is -0.212. The van der Waals surface area contributed by atoms with Crippen molar-refractivity contribution in [2.24, 2.45) is 0 Å². The smallest absolute Gasteiger partial charge is 0.186 e. The summed E-state index contributed by atoms with van der Waals surface area (Å²) >= 11 is 0. The molecule has 0 amide bonds. The highest BCUT2D eigenvalue weighted by Crippen LogP contribution is 2.20. The van der Waals surface area contributed by atoms with Gasteiger partial charge in [-0.1, -0.05) is 18.2 Å². The van der Waals surface area contributed by atoms with Crippen LogP contribution in [0, 0.1) is 0 Å². The number of fused-ring (bicyclic) bond motifs is 1. The summed E-state index contributed by atoms with van der Waals surface area (Å²) in [4.78, 5) is 25.1. The lowest BCUT2D eigenvalue weighted by Gasteiger charge is -2.10. The fraction of sp³-hybridized carbons (Fsp3) is 0. The molecule has 0 saturated heterocycles. The normalized spacial score (nSPS) is 14.4. The predicted octanol–water partition coefficient (Wildman–Crippen LogP) is 2.85. The Hall–Kier alpha value is -3.08. The number of allylic oxidation sites excluding steroid dienone is 8. The molecule has 0 spiro atoms. The first-order valence-electron chi connectivity index (χ1n) is 4.44. The minimum absolute atomic E-state index is 0.0924. The second-order valence-electron chi connectivity index (χ2n) is 2.82. The zero-order valence-electron chi connectivity index (χ0n) is 8.96. The number of hydrogen-bond acceptors (Lipinski definition) is 2. The third kappa shape index (κ3) is 4.63. The summed E-state index contributed by atoms with van der Waals surface area (Å²) in [6.45, 7) is 0.